The minimum absolute atomic E-state index is 0.0354. The molecule has 0 aliphatic carbocycles. The van der Waals surface area contributed by atoms with Gasteiger partial charge in [-0.25, -0.2) is 8.42 Å². The fourth-order valence-electron chi connectivity index (χ4n) is 4.39. The highest BCUT2D eigenvalue weighted by Gasteiger charge is 2.32. The van der Waals surface area contributed by atoms with E-state index in [4.69, 9.17) is 9.84 Å². The number of ether oxygens (including phenoxy) is 1. The third-order valence-corrected chi connectivity index (χ3v) is 7.57. The minimum atomic E-state index is -3.60. The molecule has 2 aromatic carbocycles. The zero-order valence-corrected chi connectivity index (χ0v) is 28.1. The van der Waals surface area contributed by atoms with Crippen molar-refractivity contribution in [3.8, 4) is 0 Å². The van der Waals surface area contributed by atoms with Crippen molar-refractivity contribution in [2.45, 2.75) is 63.9 Å². The number of hydrogen-bond acceptors (Lipinski definition) is 10. The van der Waals surface area contributed by atoms with E-state index >= 15 is 0 Å². The summed E-state index contributed by atoms with van der Waals surface area (Å²) in [4.78, 5) is 75.5. The number of rotatable bonds is 20. The van der Waals surface area contributed by atoms with Crippen LogP contribution in [0.25, 0.3) is 0 Å². The number of esters is 1. The van der Waals surface area contributed by atoms with E-state index in [2.05, 4.69) is 21.3 Å². The Labute approximate surface area is 284 Å². The van der Waals surface area contributed by atoms with Crippen LogP contribution in [0.1, 0.15) is 50.3 Å². The number of sulfone groups is 1. The van der Waals surface area contributed by atoms with E-state index in [-0.39, 0.29) is 19.4 Å². The summed E-state index contributed by atoms with van der Waals surface area (Å²) in [6.07, 6.45) is 0.831. The molecule has 266 valence electrons. The van der Waals surface area contributed by atoms with E-state index in [1.165, 1.54) is 12.1 Å². The van der Waals surface area contributed by atoms with Crippen LogP contribution in [0.5, 0.6) is 0 Å². The van der Waals surface area contributed by atoms with Gasteiger partial charge >= 0.3 is 17.9 Å². The van der Waals surface area contributed by atoms with Gasteiger partial charge in [0, 0.05) is 24.1 Å². The second-order valence-corrected chi connectivity index (χ2v) is 13.4. The summed E-state index contributed by atoms with van der Waals surface area (Å²) in [5.74, 6) is -6.30. The summed E-state index contributed by atoms with van der Waals surface area (Å²) >= 11 is 0. The molecular weight excluding hydrogens is 660 g/mol. The number of carbonyl (C=O) groups is 6. The molecule has 0 unspecified atom stereocenters. The smallest absolute Gasteiger partial charge is 0.320 e. The summed E-state index contributed by atoms with van der Waals surface area (Å²) < 4.78 is 28.5. The first-order valence-corrected chi connectivity index (χ1v) is 17.2. The Bertz CT molecular complexity index is 1580. The topological polar surface area (TPSA) is 234 Å². The standard InChI is InChI=1S/C33H42N4O11S/c1-21(2)29(32(44)35-24(14-15-26(38)39)16-17-49(3,46)47)36-33(45)30(23-12-8-5-9-13-23)37-31(43)25(18-27(40)41)34-19-28(42)48-20-22-10-6-4-7-11-22/h4-13,16-17,21,24-25,29-30,34H,14-15,18-20H2,1-3H3,(H,35,44)(H,36,45)(H,37,43)(H,38,39)(H,40,41)/b17-16+/t24-,25-,29-,30-/m0/s1. The Kier molecular flexibility index (Phi) is 16.1. The second kappa shape index (κ2) is 19.7. The third-order valence-electron chi connectivity index (χ3n) is 6.91. The first-order chi connectivity index (χ1) is 23.1. The lowest BCUT2D eigenvalue weighted by atomic mass is 10.00. The molecule has 0 spiro atoms. The van der Waals surface area contributed by atoms with Crippen molar-refractivity contribution in [2.24, 2.45) is 5.92 Å². The van der Waals surface area contributed by atoms with Crippen molar-refractivity contribution >= 4 is 45.5 Å². The zero-order chi connectivity index (χ0) is 36.6. The van der Waals surface area contributed by atoms with E-state index in [9.17, 15) is 42.3 Å². The van der Waals surface area contributed by atoms with E-state index in [1.807, 2.05) is 0 Å². The fourth-order valence-corrected chi connectivity index (χ4v) is 4.87. The molecule has 0 aliphatic rings. The molecule has 0 heterocycles. The van der Waals surface area contributed by atoms with Gasteiger partial charge in [-0.1, -0.05) is 80.6 Å². The van der Waals surface area contributed by atoms with E-state index in [0.717, 1.165) is 23.3 Å². The van der Waals surface area contributed by atoms with Gasteiger partial charge in [-0.15, -0.1) is 0 Å². The molecule has 4 atom stereocenters. The van der Waals surface area contributed by atoms with Gasteiger partial charge in [0.15, 0.2) is 9.84 Å². The molecular formula is C33H42N4O11S. The van der Waals surface area contributed by atoms with Gasteiger partial charge in [0.2, 0.25) is 17.7 Å². The van der Waals surface area contributed by atoms with E-state index in [0.29, 0.717) is 5.56 Å². The molecule has 15 nitrogen and oxygen atoms in total. The summed E-state index contributed by atoms with van der Waals surface area (Å²) in [5, 5.41) is 29.6. The van der Waals surface area contributed by atoms with Gasteiger partial charge in [-0.3, -0.25) is 34.1 Å². The lowest BCUT2D eigenvalue weighted by Crippen LogP contribution is -2.55. The van der Waals surface area contributed by atoms with Crippen LogP contribution in [0.2, 0.25) is 0 Å². The van der Waals surface area contributed by atoms with E-state index in [1.54, 1.807) is 62.4 Å². The molecule has 16 heteroatoms. The molecule has 0 fully saturated rings. The molecule has 6 N–H and O–H groups in total. The highest BCUT2D eigenvalue weighted by Crippen LogP contribution is 2.16. The van der Waals surface area contributed by atoms with Gasteiger partial charge < -0.3 is 30.9 Å². The monoisotopic (exact) mass is 702 g/mol. The molecule has 0 radical (unpaired) electrons. The summed E-state index contributed by atoms with van der Waals surface area (Å²) in [5.41, 5.74) is 1.02. The molecule has 0 bridgehead atoms. The van der Waals surface area contributed by atoms with Crippen LogP contribution in [0.3, 0.4) is 0 Å². The molecule has 2 aromatic rings. The van der Waals surface area contributed by atoms with Crippen molar-refractivity contribution in [1.29, 1.82) is 0 Å². The number of carboxylic acids is 2. The van der Waals surface area contributed by atoms with Gasteiger partial charge in [-0.2, -0.15) is 0 Å². The second-order valence-electron chi connectivity index (χ2n) is 11.5. The summed E-state index contributed by atoms with van der Waals surface area (Å²) in [6.45, 7) is 2.71. The summed E-state index contributed by atoms with van der Waals surface area (Å²) in [7, 11) is -3.60. The molecule has 2 rings (SSSR count). The van der Waals surface area contributed by atoms with Gasteiger partial charge in [0.1, 0.15) is 18.7 Å². The summed E-state index contributed by atoms with van der Waals surface area (Å²) in [6, 6.07) is 11.7. The Balaban J connectivity index is 2.23. The van der Waals surface area contributed by atoms with Crippen LogP contribution in [0, 0.1) is 5.92 Å². The number of amides is 3. The van der Waals surface area contributed by atoms with Crippen LogP contribution in [0.4, 0.5) is 0 Å². The van der Waals surface area contributed by atoms with Crippen LogP contribution in [-0.4, -0.2) is 85.2 Å². The van der Waals surface area contributed by atoms with Crippen LogP contribution in [0.15, 0.2) is 72.1 Å². The number of hydrogen-bond donors (Lipinski definition) is 6. The average Bonchev–Trinajstić information content (AvgIpc) is 3.04. The molecule has 0 aromatic heterocycles. The van der Waals surface area contributed by atoms with Gasteiger partial charge in [0.05, 0.1) is 19.0 Å². The Morgan fingerprint density at radius 1 is 0.816 bits per heavy atom. The largest absolute Gasteiger partial charge is 0.481 e. The Morgan fingerprint density at radius 3 is 1.98 bits per heavy atom. The van der Waals surface area contributed by atoms with Crippen molar-refractivity contribution in [2.75, 3.05) is 12.8 Å². The normalized spacial score (nSPS) is 13.9. The van der Waals surface area contributed by atoms with Crippen LogP contribution >= 0.6 is 0 Å². The Hall–Kier alpha value is -5.09. The average molecular weight is 703 g/mol. The van der Waals surface area contributed by atoms with Crippen molar-refractivity contribution in [3.05, 3.63) is 83.3 Å². The van der Waals surface area contributed by atoms with Gasteiger partial charge in [-0.05, 0) is 23.5 Å². The van der Waals surface area contributed by atoms with Crippen molar-refractivity contribution in [1.82, 2.24) is 21.3 Å². The molecule has 49 heavy (non-hydrogen) atoms. The third kappa shape index (κ3) is 15.6. The lowest BCUT2D eigenvalue weighted by Gasteiger charge is -2.28. The molecule has 0 aliphatic heterocycles. The maximum absolute atomic E-state index is 13.7. The zero-order valence-electron chi connectivity index (χ0n) is 27.3. The molecule has 0 saturated heterocycles. The maximum atomic E-state index is 13.7. The first kappa shape index (κ1) is 40.1. The number of aliphatic carboxylic acids is 2. The predicted octanol–water partition coefficient (Wildman–Crippen LogP) is 1.07. The Morgan fingerprint density at radius 2 is 1.43 bits per heavy atom. The number of carboxylic acid groups (broad SMARTS) is 2. The van der Waals surface area contributed by atoms with Crippen LogP contribution < -0.4 is 21.3 Å². The van der Waals surface area contributed by atoms with Crippen molar-refractivity contribution in [3.63, 3.8) is 0 Å². The fraction of sp³-hybridized carbons (Fsp3) is 0.394. The molecule has 3 amide bonds. The SMILES string of the molecule is CC(C)[C@H](NC(=O)[C@@H](NC(=O)[C@H](CC(=O)O)NCC(=O)OCc1ccccc1)c1ccccc1)C(=O)N[C@H](/C=C/S(C)(=O)=O)CCC(=O)O. The lowest BCUT2D eigenvalue weighted by molar-refractivity contribution is -0.145. The predicted molar refractivity (Wildman–Crippen MR) is 177 cm³/mol. The van der Waals surface area contributed by atoms with Crippen LogP contribution in [-0.2, 0) is 49.9 Å². The quantitative estimate of drug-likeness (QED) is 0.106. The molecule has 0 saturated carbocycles. The highest BCUT2D eigenvalue weighted by molar-refractivity contribution is 7.93. The van der Waals surface area contributed by atoms with E-state index < -0.39 is 88.5 Å². The number of benzene rings is 2. The first-order valence-electron chi connectivity index (χ1n) is 15.3. The number of nitrogens with one attached hydrogen (secondary N) is 4. The number of carbonyl (C=O) groups excluding carboxylic acids is 4. The highest BCUT2D eigenvalue weighted by atomic mass is 32.2. The van der Waals surface area contributed by atoms with Gasteiger partial charge in [0.25, 0.3) is 0 Å². The maximum Gasteiger partial charge on any atom is 0.320 e. The minimum Gasteiger partial charge on any atom is -0.481 e. The van der Waals surface area contributed by atoms with Crippen molar-refractivity contribution < 1.29 is 52.1 Å².